The summed E-state index contributed by atoms with van der Waals surface area (Å²) < 4.78 is 36.7. The lowest BCUT2D eigenvalue weighted by molar-refractivity contribution is -0.138. The minimum Gasteiger partial charge on any atom is -0.338 e. The molecule has 15 heavy (non-hydrogen) atoms. The minimum absolute atomic E-state index is 0.105. The van der Waals surface area contributed by atoms with Gasteiger partial charge in [0, 0.05) is 6.04 Å². The summed E-state index contributed by atoms with van der Waals surface area (Å²) >= 11 is 1.07. The molecule has 0 unspecified atom stereocenters. The second-order valence-corrected chi connectivity index (χ2v) is 3.95. The van der Waals surface area contributed by atoms with Crippen LogP contribution >= 0.6 is 11.8 Å². The predicted molar refractivity (Wildman–Crippen MR) is 52.3 cm³/mol. The number of thioether (sulfide) groups is 1. The molecule has 1 saturated carbocycles. The van der Waals surface area contributed by atoms with Gasteiger partial charge in [0.2, 0.25) is 6.19 Å². The van der Waals surface area contributed by atoms with Gasteiger partial charge in [-0.1, -0.05) is 11.8 Å². The maximum atomic E-state index is 12.2. The molecule has 84 valence electrons. The highest BCUT2D eigenvalue weighted by Crippen LogP contribution is 2.32. The van der Waals surface area contributed by atoms with Gasteiger partial charge in [-0.15, -0.1) is 4.99 Å². The molecule has 0 heterocycles. The van der Waals surface area contributed by atoms with Gasteiger partial charge in [-0.25, -0.2) is 0 Å². The smallest absolute Gasteiger partial charge is 0.338 e. The molecule has 0 saturated heterocycles. The number of halogens is 3. The third-order valence-corrected chi connectivity index (χ3v) is 2.60. The van der Waals surface area contributed by atoms with Crippen LogP contribution in [0.25, 0.3) is 0 Å². The van der Waals surface area contributed by atoms with E-state index in [-0.39, 0.29) is 11.2 Å². The molecule has 3 nitrogen and oxygen atoms in total. The van der Waals surface area contributed by atoms with E-state index in [4.69, 9.17) is 5.26 Å². The van der Waals surface area contributed by atoms with Crippen LogP contribution in [0.3, 0.4) is 0 Å². The Hall–Kier alpha value is -0.900. The molecule has 1 rings (SSSR count). The van der Waals surface area contributed by atoms with Crippen molar-refractivity contribution in [2.45, 2.75) is 25.1 Å². The lowest BCUT2D eigenvalue weighted by Gasteiger charge is -2.24. The summed E-state index contributed by atoms with van der Waals surface area (Å²) in [5, 5.41) is 8.51. The molecule has 7 heteroatoms. The lowest BCUT2D eigenvalue weighted by Crippen LogP contribution is -2.39. The van der Waals surface area contributed by atoms with E-state index in [1.165, 1.54) is 6.19 Å². The van der Waals surface area contributed by atoms with Gasteiger partial charge in [0.05, 0.1) is 0 Å². The average molecular weight is 237 g/mol. The number of alkyl halides is 3. The first-order chi connectivity index (χ1) is 6.98. The van der Waals surface area contributed by atoms with Gasteiger partial charge in [-0.2, -0.15) is 18.4 Å². The van der Waals surface area contributed by atoms with Gasteiger partial charge in [0.15, 0.2) is 5.17 Å². The molecule has 0 aliphatic heterocycles. The van der Waals surface area contributed by atoms with Gasteiger partial charge in [0.1, 0.15) is 6.54 Å². The molecule has 0 aromatic heterocycles. The molecular formula is C8H10F3N3S. The maximum absolute atomic E-state index is 12.2. The number of amidine groups is 1. The zero-order valence-corrected chi connectivity index (χ0v) is 8.90. The number of nitriles is 1. The number of aliphatic imine (C=N–C) groups is 1. The first-order valence-electron chi connectivity index (χ1n) is 4.32. The quantitative estimate of drug-likeness (QED) is 0.420. The van der Waals surface area contributed by atoms with Gasteiger partial charge < -0.3 is 4.90 Å². The van der Waals surface area contributed by atoms with Crippen molar-refractivity contribution in [3.05, 3.63) is 0 Å². The molecule has 1 fully saturated rings. The first-order valence-corrected chi connectivity index (χ1v) is 5.54. The summed E-state index contributed by atoms with van der Waals surface area (Å²) in [7, 11) is 0. The van der Waals surface area contributed by atoms with Crippen LogP contribution < -0.4 is 0 Å². The monoisotopic (exact) mass is 237 g/mol. The van der Waals surface area contributed by atoms with E-state index in [1.807, 2.05) is 0 Å². The van der Waals surface area contributed by atoms with Crippen LogP contribution in [0, 0.1) is 11.5 Å². The molecule has 0 radical (unpaired) electrons. The number of hydrogen-bond donors (Lipinski definition) is 0. The summed E-state index contributed by atoms with van der Waals surface area (Å²) in [6.45, 7) is -1.03. The van der Waals surface area contributed by atoms with Crippen molar-refractivity contribution in [2.24, 2.45) is 4.99 Å². The Morgan fingerprint density at radius 3 is 2.53 bits per heavy atom. The molecule has 1 aliphatic rings. The van der Waals surface area contributed by atoms with Crippen molar-refractivity contribution in [1.29, 1.82) is 5.26 Å². The lowest BCUT2D eigenvalue weighted by atomic mass is 10.5. The van der Waals surface area contributed by atoms with Gasteiger partial charge in [-0.05, 0) is 19.1 Å². The van der Waals surface area contributed by atoms with E-state index in [9.17, 15) is 13.2 Å². The number of hydrogen-bond acceptors (Lipinski definition) is 3. The fourth-order valence-electron chi connectivity index (χ4n) is 1.20. The van der Waals surface area contributed by atoms with Gasteiger partial charge in [0.25, 0.3) is 0 Å². The van der Waals surface area contributed by atoms with Gasteiger partial charge >= 0.3 is 6.18 Å². The molecular weight excluding hydrogens is 227 g/mol. The average Bonchev–Trinajstić information content (AvgIpc) is 2.92. The van der Waals surface area contributed by atoms with Crippen molar-refractivity contribution < 1.29 is 13.2 Å². The fraction of sp³-hybridized carbons (Fsp3) is 0.750. The molecule has 0 N–H and O–H groups in total. The highest BCUT2D eigenvalue weighted by atomic mass is 32.2. The SMILES string of the molecule is CSC(=NC#N)N(CC(F)(F)F)C1CC1. The third kappa shape index (κ3) is 4.00. The predicted octanol–water partition coefficient (Wildman–Crippen LogP) is 2.21. The maximum Gasteiger partial charge on any atom is 0.406 e. The molecule has 0 amide bonds. The van der Waals surface area contributed by atoms with Crippen LogP contribution in [0.5, 0.6) is 0 Å². The summed E-state index contributed by atoms with van der Waals surface area (Å²) in [5.74, 6) is 0. The van der Waals surface area contributed by atoms with Crippen LogP contribution in [0.2, 0.25) is 0 Å². The molecule has 1 aliphatic carbocycles. The summed E-state index contributed by atoms with van der Waals surface area (Å²) in [6, 6.07) is -0.105. The minimum atomic E-state index is -4.26. The van der Waals surface area contributed by atoms with E-state index in [0.717, 1.165) is 29.5 Å². The first kappa shape index (κ1) is 12.2. The number of rotatable bonds is 2. The van der Waals surface area contributed by atoms with Crippen molar-refractivity contribution in [3.8, 4) is 6.19 Å². The fourth-order valence-corrected chi connectivity index (χ4v) is 1.78. The Labute approximate surface area is 90.0 Å². The Bertz CT molecular complexity index is 290. The molecule has 0 atom stereocenters. The van der Waals surface area contributed by atoms with E-state index in [0.29, 0.717) is 0 Å². The van der Waals surface area contributed by atoms with Crippen LogP contribution in [0.1, 0.15) is 12.8 Å². The molecule has 0 spiro atoms. The number of nitrogens with zero attached hydrogens (tertiary/aromatic N) is 3. The van der Waals surface area contributed by atoms with Crippen LogP contribution in [-0.4, -0.2) is 35.1 Å². The molecule has 0 aromatic carbocycles. The summed E-state index contributed by atoms with van der Waals surface area (Å²) in [4.78, 5) is 4.56. The molecule has 0 aromatic rings. The zero-order chi connectivity index (χ0) is 11.5. The highest BCUT2D eigenvalue weighted by Gasteiger charge is 2.39. The summed E-state index contributed by atoms with van der Waals surface area (Å²) in [6.07, 6.45) is 0.358. The van der Waals surface area contributed by atoms with Crippen molar-refractivity contribution in [3.63, 3.8) is 0 Å². The van der Waals surface area contributed by atoms with Crippen molar-refractivity contribution >= 4 is 16.9 Å². The van der Waals surface area contributed by atoms with Crippen LogP contribution in [-0.2, 0) is 0 Å². The van der Waals surface area contributed by atoms with E-state index >= 15 is 0 Å². The Morgan fingerprint density at radius 2 is 2.20 bits per heavy atom. The highest BCUT2D eigenvalue weighted by molar-refractivity contribution is 8.13. The standard InChI is InChI=1S/C8H10F3N3S/c1-15-7(13-5-12)14(6-2-3-6)4-8(9,10)11/h6H,2-4H2,1H3. The Kier molecular flexibility index (Phi) is 3.85. The normalized spacial score (nSPS) is 17.4. The molecule has 0 bridgehead atoms. The second kappa shape index (κ2) is 4.75. The van der Waals surface area contributed by atoms with Crippen LogP contribution in [0.4, 0.5) is 13.2 Å². The Morgan fingerprint density at radius 1 is 1.60 bits per heavy atom. The Balaban J connectivity index is 2.73. The largest absolute Gasteiger partial charge is 0.406 e. The van der Waals surface area contributed by atoms with Crippen LogP contribution in [0.15, 0.2) is 4.99 Å². The topological polar surface area (TPSA) is 39.4 Å². The van der Waals surface area contributed by atoms with Crippen molar-refractivity contribution in [1.82, 2.24) is 4.90 Å². The zero-order valence-electron chi connectivity index (χ0n) is 8.08. The van der Waals surface area contributed by atoms with Crippen molar-refractivity contribution in [2.75, 3.05) is 12.8 Å². The second-order valence-electron chi connectivity index (χ2n) is 3.17. The van der Waals surface area contributed by atoms with Gasteiger partial charge in [-0.3, -0.25) is 0 Å². The third-order valence-electron chi connectivity index (χ3n) is 1.91. The van der Waals surface area contributed by atoms with E-state index < -0.39 is 12.7 Å². The van der Waals surface area contributed by atoms with E-state index in [1.54, 1.807) is 6.26 Å². The summed E-state index contributed by atoms with van der Waals surface area (Å²) in [5.41, 5.74) is 0. The van der Waals surface area contributed by atoms with E-state index in [2.05, 4.69) is 4.99 Å².